The Bertz CT molecular complexity index is 1010. The maximum absolute atomic E-state index is 12.6. The van der Waals surface area contributed by atoms with Crippen molar-refractivity contribution in [3.63, 3.8) is 0 Å². The van der Waals surface area contributed by atoms with Crippen LogP contribution in [-0.4, -0.2) is 56.8 Å². The van der Waals surface area contributed by atoms with E-state index in [2.05, 4.69) is 9.62 Å². The SMILES string of the molecule is CCNS(=O)(=O)c1ccc(/C=C/C(=O)N2CCCN(Cc3ccc(Cl)cc3)CC2)cc1. The first kappa shape index (κ1) is 23.5. The Labute approximate surface area is 189 Å². The Morgan fingerprint density at radius 2 is 1.74 bits per heavy atom. The van der Waals surface area contributed by atoms with Crippen molar-refractivity contribution >= 4 is 33.6 Å². The van der Waals surface area contributed by atoms with Crippen LogP contribution >= 0.6 is 11.6 Å². The van der Waals surface area contributed by atoms with Crippen LogP contribution in [0.1, 0.15) is 24.5 Å². The van der Waals surface area contributed by atoms with Crippen LogP contribution in [0.5, 0.6) is 0 Å². The highest BCUT2D eigenvalue weighted by Gasteiger charge is 2.18. The Kier molecular flexibility index (Phi) is 8.26. The number of rotatable bonds is 7. The van der Waals surface area contributed by atoms with Crippen molar-refractivity contribution in [3.05, 3.63) is 70.8 Å². The number of hydrogen-bond acceptors (Lipinski definition) is 4. The second kappa shape index (κ2) is 10.9. The predicted octanol–water partition coefficient (Wildman–Crippen LogP) is 3.39. The lowest BCUT2D eigenvalue weighted by Gasteiger charge is -2.21. The van der Waals surface area contributed by atoms with Crippen LogP contribution in [0.25, 0.3) is 6.08 Å². The molecule has 1 aliphatic rings. The molecule has 3 rings (SSSR count). The largest absolute Gasteiger partial charge is 0.338 e. The molecule has 0 atom stereocenters. The van der Waals surface area contributed by atoms with Crippen molar-refractivity contribution in [2.75, 3.05) is 32.7 Å². The summed E-state index contributed by atoms with van der Waals surface area (Å²) in [7, 11) is -3.47. The van der Waals surface area contributed by atoms with Gasteiger partial charge in [0.1, 0.15) is 0 Å². The van der Waals surface area contributed by atoms with Gasteiger partial charge in [-0.2, -0.15) is 0 Å². The third kappa shape index (κ3) is 6.90. The second-order valence-electron chi connectivity index (χ2n) is 7.49. The molecule has 0 aromatic heterocycles. The predicted molar refractivity (Wildman–Crippen MR) is 124 cm³/mol. The number of sulfonamides is 1. The van der Waals surface area contributed by atoms with Gasteiger partial charge in [0.2, 0.25) is 15.9 Å². The average molecular weight is 462 g/mol. The van der Waals surface area contributed by atoms with Gasteiger partial charge in [-0.3, -0.25) is 9.69 Å². The summed E-state index contributed by atoms with van der Waals surface area (Å²) >= 11 is 5.96. The molecule has 166 valence electrons. The molecule has 1 fully saturated rings. The van der Waals surface area contributed by atoms with Gasteiger partial charge in [0.05, 0.1) is 4.90 Å². The fourth-order valence-corrected chi connectivity index (χ4v) is 4.67. The lowest BCUT2D eigenvalue weighted by atomic mass is 10.2. The summed E-state index contributed by atoms with van der Waals surface area (Å²) in [4.78, 5) is 17.1. The zero-order valence-corrected chi connectivity index (χ0v) is 19.2. The molecule has 31 heavy (non-hydrogen) atoms. The maximum Gasteiger partial charge on any atom is 0.246 e. The first-order valence-corrected chi connectivity index (χ1v) is 12.3. The van der Waals surface area contributed by atoms with Gasteiger partial charge in [-0.15, -0.1) is 0 Å². The fraction of sp³-hybridized carbons (Fsp3) is 0.348. The topological polar surface area (TPSA) is 69.7 Å². The molecular formula is C23H28ClN3O3S. The zero-order valence-electron chi connectivity index (χ0n) is 17.6. The Morgan fingerprint density at radius 1 is 1.03 bits per heavy atom. The molecule has 1 heterocycles. The molecule has 1 amide bonds. The van der Waals surface area contributed by atoms with E-state index in [1.54, 1.807) is 43.3 Å². The number of benzene rings is 2. The van der Waals surface area contributed by atoms with Crippen LogP contribution in [0.15, 0.2) is 59.5 Å². The number of carbonyl (C=O) groups is 1. The molecule has 0 saturated carbocycles. The Hall–Kier alpha value is -2.19. The zero-order chi connectivity index (χ0) is 22.3. The third-order valence-corrected chi connectivity index (χ3v) is 6.98. The standard InChI is InChI=1S/C23H28ClN3O3S/c1-2-25-31(29,30)22-11-6-19(7-12-22)8-13-23(28)27-15-3-14-26(16-17-27)18-20-4-9-21(24)10-5-20/h4-13,25H,2-3,14-18H2,1H3/b13-8+. The summed E-state index contributed by atoms with van der Waals surface area (Å²) in [5.74, 6) is -0.0299. The minimum atomic E-state index is -3.47. The van der Waals surface area contributed by atoms with Crippen LogP contribution < -0.4 is 4.72 Å². The summed E-state index contributed by atoms with van der Waals surface area (Å²) in [6, 6.07) is 14.4. The van der Waals surface area contributed by atoms with E-state index in [1.807, 2.05) is 29.2 Å². The van der Waals surface area contributed by atoms with Crippen molar-refractivity contribution in [3.8, 4) is 0 Å². The number of carbonyl (C=O) groups excluding carboxylic acids is 1. The minimum absolute atomic E-state index is 0.0299. The van der Waals surface area contributed by atoms with Crippen LogP contribution in [0.4, 0.5) is 0 Å². The quantitative estimate of drug-likeness (QED) is 0.642. The molecule has 2 aromatic rings. The number of nitrogens with one attached hydrogen (secondary N) is 1. The van der Waals surface area contributed by atoms with E-state index in [9.17, 15) is 13.2 Å². The lowest BCUT2D eigenvalue weighted by molar-refractivity contribution is -0.125. The van der Waals surface area contributed by atoms with Gasteiger partial charge in [-0.1, -0.05) is 42.8 Å². The van der Waals surface area contributed by atoms with Crippen LogP contribution in [0.3, 0.4) is 0 Å². The highest BCUT2D eigenvalue weighted by atomic mass is 35.5. The molecule has 6 nitrogen and oxygen atoms in total. The highest BCUT2D eigenvalue weighted by molar-refractivity contribution is 7.89. The van der Waals surface area contributed by atoms with Crippen molar-refractivity contribution in [2.45, 2.75) is 24.8 Å². The molecule has 0 aliphatic carbocycles. The molecular weight excluding hydrogens is 434 g/mol. The maximum atomic E-state index is 12.6. The first-order valence-electron chi connectivity index (χ1n) is 10.4. The molecule has 1 N–H and O–H groups in total. The van der Waals surface area contributed by atoms with E-state index >= 15 is 0 Å². The number of halogens is 1. The Morgan fingerprint density at radius 3 is 2.42 bits per heavy atom. The van der Waals surface area contributed by atoms with Crippen LogP contribution in [0.2, 0.25) is 5.02 Å². The molecule has 0 spiro atoms. The molecule has 0 radical (unpaired) electrons. The molecule has 1 saturated heterocycles. The van der Waals surface area contributed by atoms with E-state index in [4.69, 9.17) is 11.6 Å². The molecule has 0 bridgehead atoms. The number of amides is 1. The molecule has 0 unspecified atom stereocenters. The first-order chi connectivity index (χ1) is 14.9. The number of hydrogen-bond donors (Lipinski definition) is 1. The monoisotopic (exact) mass is 461 g/mol. The summed E-state index contributed by atoms with van der Waals surface area (Å²) in [5.41, 5.74) is 1.99. The van der Waals surface area contributed by atoms with Crippen molar-refractivity contribution < 1.29 is 13.2 Å². The minimum Gasteiger partial charge on any atom is -0.338 e. The summed E-state index contributed by atoms with van der Waals surface area (Å²) < 4.78 is 26.5. The van der Waals surface area contributed by atoms with Gasteiger partial charge < -0.3 is 4.90 Å². The van der Waals surface area contributed by atoms with Crippen LogP contribution in [-0.2, 0) is 21.4 Å². The third-order valence-electron chi connectivity index (χ3n) is 5.16. The molecule has 1 aliphatic heterocycles. The van der Waals surface area contributed by atoms with Gasteiger partial charge in [-0.25, -0.2) is 13.1 Å². The summed E-state index contributed by atoms with van der Waals surface area (Å²) in [6.45, 7) is 6.08. The smallest absolute Gasteiger partial charge is 0.246 e. The van der Waals surface area contributed by atoms with Crippen molar-refractivity contribution in [1.82, 2.24) is 14.5 Å². The van der Waals surface area contributed by atoms with E-state index in [0.717, 1.165) is 43.2 Å². The number of nitrogens with zero attached hydrogens (tertiary/aromatic N) is 2. The lowest BCUT2D eigenvalue weighted by Crippen LogP contribution is -2.34. The summed E-state index contributed by atoms with van der Waals surface area (Å²) in [5, 5.41) is 0.733. The fourth-order valence-electron chi connectivity index (χ4n) is 3.50. The summed E-state index contributed by atoms with van der Waals surface area (Å²) in [6.07, 6.45) is 4.20. The second-order valence-corrected chi connectivity index (χ2v) is 9.69. The van der Waals surface area contributed by atoms with Crippen molar-refractivity contribution in [2.24, 2.45) is 0 Å². The van der Waals surface area contributed by atoms with Gasteiger partial charge in [0.15, 0.2) is 0 Å². The highest BCUT2D eigenvalue weighted by Crippen LogP contribution is 2.14. The van der Waals surface area contributed by atoms with Gasteiger partial charge in [-0.05, 0) is 47.9 Å². The van der Waals surface area contributed by atoms with E-state index in [-0.39, 0.29) is 10.8 Å². The van der Waals surface area contributed by atoms with E-state index < -0.39 is 10.0 Å². The normalized spacial score (nSPS) is 15.9. The van der Waals surface area contributed by atoms with E-state index in [1.165, 1.54) is 5.56 Å². The van der Waals surface area contributed by atoms with Gasteiger partial charge >= 0.3 is 0 Å². The Balaban J connectivity index is 1.54. The van der Waals surface area contributed by atoms with Crippen molar-refractivity contribution in [1.29, 1.82) is 0 Å². The molecule has 8 heteroatoms. The van der Waals surface area contributed by atoms with Gasteiger partial charge in [0.25, 0.3) is 0 Å². The van der Waals surface area contributed by atoms with Gasteiger partial charge in [0, 0.05) is 50.4 Å². The van der Waals surface area contributed by atoms with E-state index in [0.29, 0.717) is 13.1 Å². The molecule has 2 aromatic carbocycles. The average Bonchev–Trinajstić information content (AvgIpc) is 2.99. The van der Waals surface area contributed by atoms with Crippen LogP contribution in [0, 0.1) is 0 Å².